The first-order valence-corrected chi connectivity index (χ1v) is 8.36. The van der Waals surface area contributed by atoms with Gasteiger partial charge in [-0.3, -0.25) is 4.79 Å². The van der Waals surface area contributed by atoms with Crippen molar-refractivity contribution in [2.75, 3.05) is 12.4 Å². The van der Waals surface area contributed by atoms with Gasteiger partial charge in [-0.15, -0.1) is 11.6 Å². The molecule has 1 amide bonds. The Bertz CT molecular complexity index is 428. The van der Waals surface area contributed by atoms with Crippen LogP contribution in [0.25, 0.3) is 0 Å². The third kappa shape index (κ3) is 6.09. The molecule has 2 nitrogen and oxygen atoms in total. The molecule has 3 heteroatoms. The maximum atomic E-state index is 12.2. The van der Waals surface area contributed by atoms with Crippen molar-refractivity contribution in [2.45, 2.75) is 52.4 Å². The highest BCUT2D eigenvalue weighted by Gasteiger charge is 2.15. The average Bonchev–Trinajstić information content (AvgIpc) is 2.44. The Morgan fingerprint density at radius 1 is 1.19 bits per heavy atom. The third-order valence-corrected chi connectivity index (χ3v) is 4.00. The van der Waals surface area contributed by atoms with Gasteiger partial charge in [0.05, 0.1) is 0 Å². The maximum Gasteiger partial charge on any atom is 0.251 e. The molecule has 1 atom stereocenters. The Balaban J connectivity index is 2.59. The van der Waals surface area contributed by atoms with Crippen LogP contribution in [0.4, 0.5) is 0 Å². The fourth-order valence-electron chi connectivity index (χ4n) is 2.37. The molecule has 1 aromatic carbocycles. The average molecular weight is 310 g/mol. The van der Waals surface area contributed by atoms with E-state index in [0.717, 1.165) is 24.8 Å². The van der Waals surface area contributed by atoms with E-state index in [9.17, 15) is 4.79 Å². The Morgan fingerprint density at radius 2 is 1.81 bits per heavy atom. The second-order valence-corrected chi connectivity index (χ2v) is 7.05. The Labute approximate surface area is 134 Å². The molecular formula is C18H28ClNO. The van der Waals surface area contributed by atoms with Crippen LogP contribution in [-0.4, -0.2) is 18.3 Å². The summed E-state index contributed by atoms with van der Waals surface area (Å²) in [6.07, 6.45) is 3.19. The second kappa shape index (κ2) is 8.43. The molecule has 0 aromatic heterocycles. The zero-order valence-electron chi connectivity index (χ0n) is 13.7. The molecule has 118 valence electrons. The van der Waals surface area contributed by atoms with E-state index >= 15 is 0 Å². The minimum absolute atomic E-state index is 0.00568. The molecule has 21 heavy (non-hydrogen) atoms. The highest BCUT2D eigenvalue weighted by atomic mass is 35.5. The molecule has 1 rings (SSSR count). The van der Waals surface area contributed by atoms with Gasteiger partial charge in [0.15, 0.2) is 0 Å². The third-order valence-electron chi connectivity index (χ3n) is 3.78. The van der Waals surface area contributed by atoms with E-state index in [2.05, 4.69) is 33.0 Å². The zero-order chi connectivity index (χ0) is 15.9. The standard InChI is InChI=1S/C18H28ClNO/c1-5-6-14(11-12-19)13-20-17(21)15-7-9-16(10-8-15)18(2,3)4/h7-10,14H,5-6,11-13H2,1-4H3,(H,20,21). The van der Waals surface area contributed by atoms with Crippen LogP contribution in [0.2, 0.25) is 0 Å². The predicted octanol–water partition coefficient (Wildman–Crippen LogP) is 4.76. The SMILES string of the molecule is CCCC(CCCl)CNC(=O)c1ccc(C(C)(C)C)cc1. The van der Waals surface area contributed by atoms with Crippen LogP contribution in [0.15, 0.2) is 24.3 Å². The highest BCUT2D eigenvalue weighted by Crippen LogP contribution is 2.22. The summed E-state index contributed by atoms with van der Waals surface area (Å²) in [7, 11) is 0. The molecular weight excluding hydrogens is 282 g/mol. The van der Waals surface area contributed by atoms with Gasteiger partial charge >= 0.3 is 0 Å². The first kappa shape index (κ1) is 18.0. The predicted molar refractivity (Wildman–Crippen MR) is 91.2 cm³/mol. The monoisotopic (exact) mass is 309 g/mol. The van der Waals surface area contributed by atoms with Crippen molar-refractivity contribution < 1.29 is 4.79 Å². The van der Waals surface area contributed by atoms with E-state index in [1.54, 1.807) is 0 Å². The summed E-state index contributed by atoms with van der Waals surface area (Å²) < 4.78 is 0. The fraction of sp³-hybridized carbons (Fsp3) is 0.611. The number of carbonyl (C=O) groups excluding carboxylic acids is 1. The molecule has 1 unspecified atom stereocenters. The van der Waals surface area contributed by atoms with E-state index in [1.165, 1.54) is 5.56 Å². The van der Waals surface area contributed by atoms with Crippen molar-refractivity contribution in [1.82, 2.24) is 5.32 Å². The van der Waals surface area contributed by atoms with Crippen molar-refractivity contribution >= 4 is 17.5 Å². The summed E-state index contributed by atoms with van der Waals surface area (Å²) in [5.41, 5.74) is 2.08. The summed E-state index contributed by atoms with van der Waals surface area (Å²) in [5, 5.41) is 3.03. The van der Waals surface area contributed by atoms with Crippen molar-refractivity contribution in [2.24, 2.45) is 5.92 Å². The lowest BCUT2D eigenvalue weighted by Crippen LogP contribution is -2.29. The smallest absolute Gasteiger partial charge is 0.251 e. The topological polar surface area (TPSA) is 29.1 Å². The van der Waals surface area contributed by atoms with Crippen molar-refractivity contribution in [3.05, 3.63) is 35.4 Å². The van der Waals surface area contributed by atoms with Gasteiger partial charge in [-0.05, 0) is 41.9 Å². The number of rotatable bonds is 7. The summed E-state index contributed by atoms with van der Waals surface area (Å²) in [6.45, 7) is 9.38. The number of alkyl halides is 1. The first-order chi connectivity index (χ1) is 9.88. The number of amides is 1. The van der Waals surface area contributed by atoms with Crippen molar-refractivity contribution in [3.8, 4) is 0 Å². The van der Waals surface area contributed by atoms with Crippen LogP contribution in [0.3, 0.4) is 0 Å². The van der Waals surface area contributed by atoms with E-state index in [0.29, 0.717) is 18.3 Å². The number of hydrogen-bond acceptors (Lipinski definition) is 1. The molecule has 0 saturated carbocycles. The number of benzene rings is 1. The summed E-state index contributed by atoms with van der Waals surface area (Å²) in [4.78, 5) is 12.2. The Morgan fingerprint density at radius 3 is 2.29 bits per heavy atom. The van der Waals surface area contributed by atoms with E-state index in [-0.39, 0.29) is 11.3 Å². The summed E-state index contributed by atoms with van der Waals surface area (Å²) in [6, 6.07) is 7.90. The van der Waals surface area contributed by atoms with Crippen LogP contribution in [0.1, 0.15) is 62.9 Å². The number of halogens is 1. The van der Waals surface area contributed by atoms with E-state index in [1.807, 2.05) is 24.3 Å². The minimum Gasteiger partial charge on any atom is -0.352 e. The normalized spacial score (nSPS) is 13.0. The van der Waals surface area contributed by atoms with Gasteiger partial charge in [-0.25, -0.2) is 0 Å². The molecule has 0 saturated heterocycles. The molecule has 1 N–H and O–H groups in total. The molecule has 0 aliphatic carbocycles. The largest absolute Gasteiger partial charge is 0.352 e. The van der Waals surface area contributed by atoms with Gasteiger partial charge in [0.25, 0.3) is 5.91 Å². The molecule has 0 spiro atoms. The first-order valence-electron chi connectivity index (χ1n) is 7.83. The maximum absolute atomic E-state index is 12.2. The van der Waals surface area contributed by atoms with Gasteiger partial charge in [0.2, 0.25) is 0 Å². The lowest BCUT2D eigenvalue weighted by atomic mass is 9.86. The van der Waals surface area contributed by atoms with Crippen LogP contribution >= 0.6 is 11.6 Å². The van der Waals surface area contributed by atoms with Crippen molar-refractivity contribution in [3.63, 3.8) is 0 Å². The molecule has 0 fully saturated rings. The highest BCUT2D eigenvalue weighted by molar-refractivity contribution is 6.17. The van der Waals surface area contributed by atoms with Gasteiger partial charge in [-0.1, -0.05) is 46.2 Å². The molecule has 1 aromatic rings. The summed E-state index contributed by atoms with van der Waals surface area (Å²) in [5.74, 6) is 1.14. The molecule has 0 aliphatic rings. The lowest BCUT2D eigenvalue weighted by molar-refractivity contribution is 0.0946. The van der Waals surface area contributed by atoms with E-state index in [4.69, 9.17) is 11.6 Å². The zero-order valence-corrected chi connectivity index (χ0v) is 14.5. The van der Waals surface area contributed by atoms with E-state index < -0.39 is 0 Å². The summed E-state index contributed by atoms with van der Waals surface area (Å²) >= 11 is 5.81. The quantitative estimate of drug-likeness (QED) is 0.723. The second-order valence-electron chi connectivity index (χ2n) is 6.67. The van der Waals surface area contributed by atoms with Gasteiger partial charge < -0.3 is 5.32 Å². The van der Waals surface area contributed by atoms with Crippen LogP contribution in [0, 0.1) is 5.92 Å². The van der Waals surface area contributed by atoms with Crippen molar-refractivity contribution in [1.29, 1.82) is 0 Å². The molecule has 0 aliphatic heterocycles. The molecule has 0 radical (unpaired) electrons. The van der Waals surface area contributed by atoms with Gasteiger partial charge in [-0.2, -0.15) is 0 Å². The van der Waals surface area contributed by atoms with Gasteiger partial charge in [0, 0.05) is 18.0 Å². The number of carbonyl (C=O) groups is 1. The van der Waals surface area contributed by atoms with Gasteiger partial charge in [0.1, 0.15) is 0 Å². The molecule has 0 bridgehead atoms. The Hall–Kier alpha value is -1.02. The molecule has 0 heterocycles. The van der Waals surface area contributed by atoms with Crippen LogP contribution in [-0.2, 0) is 5.41 Å². The number of nitrogens with one attached hydrogen (secondary N) is 1. The minimum atomic E-state index is 0.00568. The fourth-order valence-corrected chi connectivity index (χ4v) is 2.68. The lowest BCUT2D eigenvalue weighted by Gasteiger charge is -2.19. The Kier molecular flexibility index (Phi) is 7.24. The number of hydrogen-bond donors (Lipinski definition) is 1. The van der Waals surface area contributed by atoms with Crippen LogP contribution in [0.5, 0.6) is 0 Å². The van der Waals surface area contributed by atoms with Crippen LogP contribution < -0.4 is 5.32 Å².